The minimum atomic E-state index is -3.53. The van der Waals surface area contributed by atoms with Crippen molar-refractivity contribution in [1.29, 1.82) is 0 Å². The van der Waals surface area contributed by atoms with E-state index in [2.05, 4.69) is 4.90 Å². The lowest BCUT2D eigenvalue weighted by atomic mass is 10.1. The third-order valence-electron chi connectivity index (χ3n) is 4.52. The number of benzene rings is 1. The summed E-state index contributed by atoms with van der Waals surface area (Å²) in [6.07, 6.45) is 3.72. The summed E-state index contributed by atoms with van der Waals surface area (Å²) >= 11 is 0. The molecule has 0 bridgehead atoms. The van der Waals surface area contributed by atoms with E-state index in [0.717, 1.165) is 26.0 Å². The molecule has 23 heavy (non-hydrogen) atoms. The van der Waals surface area contributed by atoms with E-state index in [4.69, 9.17) is 4.74 Å². The van der Waals surface area contributed by atoms with Crippen molar-refractivity contribution in [2.24, 2.45) is 0 Å². The number of halogens is 1. The largest absolute Gasteiger partial charge is 0.377 e. The van der Waals surface area contributed by atoms with Crippen LogP contribution in [-0.2, 0) is 14.8 Å². The number of nitrogens with zero attached hydrogens (tertiary/aromatic N) is 2. The van der Waals surface area contributed by atoms with Crippen LogP contribution in [0.2, 0.25) is 0 Å². The Labute approximate surface area is 137 Å². The first kappa shape index (κ1) is 16.8. The van der Waals surface area contributed by atoms with E-state index in [0.29, 0.717) is 26.2 Å². The highest BCUT2D eigenvalue weighted by molar-refractivity contribution is 7.89. The highest BCUT2D eigenvalue weighted by atomic mass is 32.2. The topological polar surface area (TPSA) is 49.9 Å². The lowest BCUT2D eigenvalue weighted by Crippen LogP contribution is -2.50. The third-order valence-corrected chi connectivity index (χ3v) is 6.43. The Kier molecular flexibility index (Phi) is 5.31. The Balaban J connectivity index is 1.56. The lowest BCUT2D eigenvalue weighted by molar-refractivity contribution is -0.0103. The maximum Gasteiger partial charge on any atom is 0.243 e. The van der Waals surface area contributed by atoms with Gasteiger partial charge in [-0.1, -0.05) is 0 Å². The highest BCUT2D eigenvalue weighted by Crippen LogP contribution is 2.19. The Morgan fingerprint density at radius 3 is 2.39 bits per heavy atom. The summed E-state index contributed by atoms with van der Waals surface area (Å²) in [6.45, 7) is 4.06. The van der Waals surface area contributed by atoms with E-state index >= 15 is 0 Å². The van der Waals surface area contributed by atoms with Crippen LogP contribution in [0.1, 0.15) is 19.3 Å². The van der Waals surface area contributed by atoms with Gasteiger partial charge in [-0.05, 0) is 43.5 Å². The predicted molar refractivity (Wildman–Crippen MR) is 85.2 cm³/mol. The van der Waals surface area contributed by atoms with Crippen LogP contribution in [0.25, 0.3) is 0 Å². The van der Waals surface area contributed by atoms with Gasteiger partial charge >= 0.3 is 0 Å². The van der Waals surface area contributed by atoms with E-state index in [1.165, 1.54) is 35.0 Å². The molecule has 2 heterocycles. The summed E-state index contributed by atoms with van der Waals surface area (Å²) in [6, 6.07) is 5.02. The molecule has 0 aromatic heterocycles. The Morgan fingerprint density at radius 1 is 1.09 bits per heavy atom. The van der Waals surface area contributed by atoms with Crippen LogP contribution >= 0.6 is 0 Å². The molecule has 7 heteroatoms. The van der Waals surface area contributed by atoms with Crippen molar-refractivity contribution in [3.8, 4) is 0 Å². The van der Waals surface area contributed by atoms with Gasteiger partial charge in [-0.15, -0.1) is 0 Å². The van der Waals surface area contributed by atoms with Gasteiger partial charge in [0.15, 0.2) is 0 Å². The van der Waals surface area contributed by atoms with Gasteiger partial charge in [0.05, 0.1) is 11.0 Å². The summed E-state index contributed by atoms with van der Waals surface area (Å²) in [4.78, 5) is 2.43. The zero-order chi connectivity index (χ0) is 16.3. The van der Waals surface area contributed by atoms with Crippen LogP contribution in [0.5, 0.6) is 0 Å². The van der Waals surface area contributed by atoms with Gasteiger partial charge < -0.3 is 4.74 Å². The molecule has 3 rings (SSSR count). The number of piperazine rings is 1. The van der Waals surface area contributed by atoms with Crippen molar-refractivity contribution in [3.05, 3.63) is 30.1 Å². The first-order valence-corrected chi connectivity index (χ1v) is 9.59. The molecule has 2 aliphatic heterocycles. The molecule has 1 atom stereocenters. The smallest absolute Gasteiger partial charge is 0.243 e. The molecule has 0 saturated carbocycles. The van der Waals surface area contributed by atoms with Crippen molar-refractivity contribution in [3.63, 3.8) is 0 Å². The van der Waals surface area contributed by atoms with E-state index < -0.39 is 15.8 Å². The first-order valence-electron chi connectivity index (χ1n) is 8.15. The average Bonchev–Trinajstić information content (AvgIpc) is 2.57. The molecule has 2 fully saturated rings. The summed E-state index contributed by atoms with van der Waals surface area (Å²) in [5.41, 5.74) is 0. The van der Waals surface area contributed by atoms with Gasteiger partial charge in [-0.3, -0.25) is 4.90 Å². The number of rotatable bonds is 4. The van der Waals surface area contributed by atoms with Gasteiger partial charge in [0.2, 0.25) is 10.0 Å². The molecule has 0 aliphatic carbocycles. The molecule has 128 valence electrons. The van der Waals surface area contributed by atoms with Crippen LogP contribution in [0.4, 0.5) is 4.39 Å². The molecule has 2 saturated heterocycles. The van der Waals surface area contributed by atoms with Gasteiger partial charge in [0.25, 0.3) is 0 Å². The van der Waals surface area contributed by atoms with Crippen molar-refractivity contribution >= 4 is 10.0 Å². The number of ether oxygens (including phenoxy) is 1. The fourth-order valence-electron chi connectivity index (χ4n) is 3.15. The number of sulfonamides is 1. The zero-order valence-corrected chi connectivity index (χ0v) is 14.0. The van der Waals surface area contributed by atoms with E-state index in [1.54, 1.807) is 0 Å². The summed E-state index contributed by atoms with van der Waals surface area (Å²) in [7, 11) is -3.53. The molecule has 0 spiro atoms. The average molecular weight is 342 g/mol. The fourth-order valence-corrected chi connectivity index (χ4v) is 4.57. The van der Waals surface area contributed by atoms with Crippen LogP contribution in [0, 0.1) is 5.82 Å². The van der Waals surface area contributed by atoms with Gasteiger partial charge in [-0.25, -0.2) is 12.8 Å². The quantitative estimate of drug-likeness (QED) is 0.836. The van der Waals surface area contributed by atoms with Crippen molar-refractivity contribution in [2.45, 2.75) is 30.3 Å². The fraction of sp³-hybridized carbons (Fsp3) is 0.625. The minimum Gasteiger partial charge on any atom is -0.377 e. The lowest BCUT2D eigenvalue weighted by Gasteiger charge is -2.36. The van der Waals surface area contributed by atoms with E-state index in [-0.39, 0.29) is 11.0 Å². The molecule has 0 unspecified atom stereocenters. The third kappa shape index (κ3) is 4.09. The number of hydrogen-bond donors (Lipinski definition) is 0. The second-order valence-electron chi connectivity index (χ2n) is 6.15. The molecular weight excluding hydrogens is 319 g/mol. The van der Waals surface area contributed by atoms with Crippen molar-refractivity contribution < 1.29 is 17.5 Å². The molecule has 1 aromatic rings. The zero-order valence-electron chi connectivity index (χ0n) is 13.2. The second kappa shape index (κ2) is 7.25. The number of hydrogen-bond acceptors (Lipinski definition) is 4. The first-order chi connectivity index (χ1) is 11.1. The minimum absolute atomic E-state index is 0.156. The monoisotopic (exact) mass is 342 g/mol. The summed E-state index contributed by atoms with van der Waals surface area (Å²) in [5.74, 6) is -0.429. The highest BCUT2D eigenvalue weighted by Gasteiger charge is 2.29. The molecule has 5 nitrogen and oxygen atoms in total. The molecule has 0 radical (unpaired) electrons. The van der Waals surface area contributed by atoms with Gasteiger partial charge in [0.1, 0.15) is 5.82 Å². The molecule has 0 amide bonds. The van der Waals surface area contributed by atoms with Crippen LogP contribution in [0.15, 0.2) is 29.2 Å². The predicted octanol–water partition coefficient (Wildman–Crippen LogP) is 1.70. The van der Waals surface area contributed by atoms with Crippen LogP contribution < -0.4 is 0 Å². The second-order valence-corrected chi connectivity index (χ2v) is 8.09. The maximum atomic E-state index is 13.0. The van der Waals surface area contributed by atoms with Crippen molar-refractivity contribution in [1.82, 2.24) is 9.21 Å². The van der Waals surface area contributed by atoms with Gasteiger partial charge in [-0.2, -0.15) is 4.31 Å². The van der Waals surface area contributed by atoms with Crippen LogP contribution in [0.3, 0.4) is 0 Å². The molecule has 1 aromatic carbocycles. The Bertz CT molecular complexity index is 607. The molecule has 0 N–H and O–H groups in total. The van der Waals surface area contributed by atoms with Gasteiger partial charge in [0, 0.05) is 39.3 Å². The van der Waals surface area contributed by atoms with Crippen molar-refractivity contribution in [2.75, 3.05) is 39.3 Å². The SMILES string of the molecule is O=S(=O)(c1ccc(F)cc1)N1CCN(C[C@H]2CCCCO2)CC1. The normalized spacial score (nSPS) is 24.7. The summed E-state index contributed by atoms with van der Waals surface area (Å²) in [5, 5.41) is 0. The Morgan fingerprint density at radius 2 is 1.78 bits per heavy atom. The molecule has 2 aliphatic rings. The maximum absolute atomic E-state index is 13.0. The van der Waals surface area contributed by atoms with E-state index in [1.807, 2.05) is 0 Å². The molecular formula is C16H23FN2O3S. The Hall–Kier alpha value is -1.02. The van der Waals surface area contributed by atoms with Crippen LogP contribution in [-0.4, -0.2) is 63.1 Å². The van der Waals surface area contributed by atoms with E-state index in [9.17, 15) is 12.8 Å². The standard InChI is InChI=1S/C16H23FN2O3S/c17-14-4-6-16(7-5-14)23(20,21)19-10-8-18(9-11-19)13-15-3-1-2-12-22-15/h4-7,15H,1-3,8-13H2/t15-/m1/s1. The summed E-state index contributed by atoms with van der Waals surface area (Å²) < 4.78 is 45.3.